The van der Waals surface area contributed by atoms with E-state index in [0.717, 1.165) is 36.0 Å². The van der Waals surface area contributed by atoms with Crippen molar-refractivity contribution in [2.75, 3.05) is 19.6 Å². The summed E-state index contributed by atoms with van der Waals surface area (Å²) in [5.74, 6) is -0.0912. The van der Waals surface area contributed by atoms with Crippen LogP contribution in [-0.2, 0) is 16.0 Å². The van der Waals surface area contributed by atoms with Crippen LogP contribution in [0.3, 0.4) is 0 Å². The van der Waals surface area contributed by atoms with Crippen LogP contribution in [0.4, 0.5) is 0 Å². The van der Waals surface area contributed by atoms with E-state index in [2.05, 4.69) is 21.2 Å². The summed E-state index contributed by atoms with van der Waals surface area (Å²) in [4.78, 5) is 25.5. The lowest BCUT2D eigenvalue weighted by atomic mass is 10.1. The number of piperidine rings is 1. The zero-order chi connectivity index (χ0) is 14.4. The van der Waals surface area contributed by atoms with Gasteiger partial charge in [0.25, 0.3) is 0 Å². The maximum absolute atomic E-state index is 11.9. The van der Waals surface area contributed by atoms with E-state index >= 15 is 0 Å². The van der Waals surface area contributed by atoms with Crippen LogP contribution in [-0.4, -0.2) is 36.3 Å². The lowest BCUT2D eigenvalue weighted by molar-refractivity contribution is -0.133. The Bertz CT molecular complexity index is 467. The predicted molar refractivity (Wildman–Crippen MR) is 81.3 cm³/mol. The molecule has 1 aromatic rings. The van der Waals surface area contributed by atoms with Gasteiger partial charge in [-0.2, -0.15) is 0 Å². The Morgan fingerprint density at radius 1 is 1.10 bits per heavy atom. The summed E-state index contributed by atoms with van der Waals surface area (Å²) < 4.78 is 0.988. The van der Waals surface area contributed by atoms with Crippen LogP contribution in [0.5, 0.6) is 0 Å². The van der Waals surface area contributed by atoms with Gasteiger partial charge >= 0.3 is 0 Å². The summed E-state index contributed by atoms with van der Waals surface area (Å²) >= 11 is 3.35. The summed E-state index contributed by atoms with van der Waals surface area (Å²) in [6, 6.07) is 7.61. The maximum Gasteiger partial charge on any atom is 0.241 e. The van der Waals surface area contributed by atoms with E-state index in [9.17, 15) is 9.59 Å². The van der Waals surface area contributed by atoms with E-state index in [1.807, 2.05) is 29.2 Å². The fraction of sp³-hybridized carbons (Fsp3) is 0.467. The SMILES string of the molecule is O=C(Cc1ccc(Br)cc1)NCC(=O)N1CCCCC1. The summed E-state index contributed by atoms with van der Waals surface area (Å²) in [5.41, 5.74) is 0.941. The van der Waals surface area contributed by atoms with Crippen molar-refractivity contribution in [1.29, 1.82) is 0 Å². The van der Waals surface area contributed by atoms with Crippen LogP contribution in [0.15, 0.2) is 28.7 Å². The predicted octanol–water partition coefficient (Wildman–Crippen LogP) is 2.12. The number of nitrogens with one attached hydrogen (secondary N) is 1. The fourth-order valence-corrected chi connectivity index (χ4v) is 2.54. The molecule has 0 spiro atoms. The highest BCUT2D eigenvalue weighted by molar-refractivity contribution is 9.10. The van der Waals surface area contributed by atoms with Gasteiger partial charge < -0.3 is 10.2 Å². The average molecular weight is 339 g/mol. The summed E-state index contributed by atoms with van der Waals surface area (Å²) in [6.45, 7) is 1.75. The molecule has 1 heterocycles. The second kappa shape index (κ2) is 7.43. The first-order valence-electron chi connectivity index (χ1n) is 6.94. The van der Waals surface area contributed by atoms with Crippen molar-refractivity contribution in [3.05, 3.63) is 34.3 Å². The first-order valence-corrected chi connectivity index (χ1v) is 7.73. The molecule has 0 unspecified atom stereocenters. The van der Waals surface area contributed by atoms with E-state index in [-0.39, 0.29) is 18.4 Å². The summed E-state index contributed by atoms with van der Waals surface area (Å²) in [6.07, 6.45) is 3.64. The zero-order valence-electron chi connectivity index (χ0n) is 11.4. The number of carbonyl (C=O) groups excluding carboxylic acids is 2. The molecule has 1 saturated heterocycles. The second-order valence-electron chi connectivity index (χ2n) is 5.02. The monoisotopic (exact) mass is 338 g/mol. The van der Waals surface area contributed by atoms with Crippen LogP contribution in [0, 0.1) is 0 Å². The minimum Gasteiger partial charge on any atom is -0.347 e. The third kappa shape index (κ3) is 4.63. The molecule has 1 aliphatic heterocycles. The van der Waals surface area contributed by atoms with Crippen molar-refractivity contribution in [3.63, 3.8) is 0 Å². The first kappa shape index (κ1) is 15.0. The number of amides is 2. The largest absolute Gasteiger partial charge is 0.347 e. The standard InChI is InChI=1S/C15H19BrN2O2/c16-13-6-4-12(5-7-13)10-14(19)17-11-15(20)18-8-2-1-3-9-18/h4-7H,1-3,8-11H2,(H,17,19). The smallest absolute Gasteiger partial charge is 0.241 e. The first-order chi connectivity index (χ1) is 9.65. The molecule has 0 bridgehead atoms. The number of benzene rings is 1. The highest BCUT2D eigenvalue weighted by Crippen LogP contribution is 2.11. The van der Waals surface area contributed by atoms with Gasteiger partial charge in [-0.1, -0.05) is 28.1 Å². The molecule has 1 aromatic carbocycles. The van der Waals surface area contributed by atoms with Gasteiger partial charge in [-0.05, 0) is 37.0 Å². The number of carbonyl (C=O) groups is 2. The van der Waals surface area contributed by atoms with Crippen LogP contribution < -0.4 is 5.32 Å². The van der Waals surface area contributed by atoms with Gasteiger partial charge in [0.05, 0.1) is 13.0 Å². The number of likely N-dealkylation sites (tertiary alicyclic amines) is 1. The molecule has 1 aliphatic rings. The molecule has 108 valence electrons. The van der Waals surface area contributed by atoms with Crippen LogP contribution in [0.1, 0.15) is 24.8 Å². The second-order valence-corrected chi connectivity index (χ2v) is 5.94. The highest BCUT2D eigenvalue weighted by Gasteiger charge is 2.16. The molecule has 0 aliphatic carbocycles. The quantitative estimate of drug-likeness (QED) is 0.914. The van der Waals surface area contributed by atoms with E-state index in [1.165, 1.54) is 6.42 Å². The van der Waals surface area contributed by atoms with Crippen molar-refractivity contribution in [1.82, 2.24) is 10.2 Å². The molecular weight excluding hydrogens is 320 g/mol. The Morgan fingerprint density at radius 3 is 2.40 bits per heavy atom. The summed E-state index contributed by atoms with van der Waals surface area (Å²) in [5, 5.41) is 2.70. The van der Waals surface area contributed by atoms with Crippen LogP contribution >= 0.6 is 15.9 Å². The van der Waals surface area contributed by atoms with Gasteiger partial charge in [0.15, 0.2) is 0 Å². The van der Waals surface area contributed by atoms with Crippen LogP contribution in [0.2, 0.25) is 0 Å². The molecule has 0 radical (unpaired) electrons. The molecule has 0 atom stereocenters. The van der Waals surface area contributed by atoms with Crippen molar-refractivity contribution >= 4 is 27.7 Å². The minimum absolute atomic E-state index is 0.0221. The molecule has 20 heavy (non-hydrogen) atoms. The van der Waals surface area contributed by atoms with E-state index in [0.29, 0.717) is 6.42 Å². The molecule has 2 rings (SSSR count). The van der Waals surface area contributed by atoms with Crippen molar-refractivity contribution in [2.24, 2.45) is 0 Å². The third-order valence-corrected chi connectivity index (χ3v) is 3.95. The van der Waals surface area contributed by atoms with Gasteiger partial charge in [0, 0.05) is 17.6 Å². The van der Waals surface area contributed by atoms with Crippen molar-refractivity contribution in [2.45, 2.75) is 25.7 Å². The molecule has 5 heteroatoms. The number of rotatable bonds is 4. The highest BCUT2D eigenvalue weighted by atomic mass is 79.9. The lowest BCUT2D eigenvalue weighted by Gasteiger charge is -2.26. The van der Waals surface area contributed by atoms with Gasteiger partial charge in [-0.25, -0.2) is 0 Å². The van der Waals surface area contributed by atoms with Gasteiger partial charge in [0.1, 0.15) is 0 Å². The van der Waals surface area contributed by atoms with Gasteiger partial charge in [-0.3, -0.25) is 9.59 Å². The Labute approximate surface area is 127 Å². The Morgan fingerprint density at radius 2 is 1.75 bits per heavy atom. The topological polar surface area (TPSA) is 49.4 Å². The van der Waals surface area contributed by atoms with Gasteiger partial charge in [-0.15, -0.1) is 0 Å². The number of nitrogens with zero attached hydrogens (tertiary/aromatic N) is 1. The Balaban J connectivity index is 1.74. The minimum atomic E-state index is -0.113. The third-order valence-electron chi connectivity index (χ3n) is 3.42. The van der Waals surface area contributed by atoms with E-state index in [4.69, 9.17) is 0 Å². The summed E-state index contributed by atoms with van der Waals surface area (Å²) in [7, 11) is 0. The number of hydrogen-bond acceptors (Lipinski definition) is 2. The molecule has 1 N–H and O–H groups in total. The molecule has 2 amide bonds. The molecule has 4 nitrogen and oxygen atoms in total. The Hall–Kier alpha value is -1.36. The van der Waals surface area contributed by atoms with Crippen molar-refractivity contribution < 1.29 is 9.59 Å². The molecule has 0 aromatic heterocycles. The maximum atomic E-state index is 11.9. The lowest BCUT2D eigenvalue weighted by Crippen LogP contribution is -2.42. The van der Waals surface area contributed by atoms with E-state index < -0.39 is 0 Å². The van der Waals surface area contributed by atoms with E-state index in [1.54, 1.807) is 0 Å². The fourth-order valence-electron chi connectivity index (χ4n) is 2.28. The molecular formula is C15H19BrN2O2. The molecule has 0 saturated carbocycles. The van der Waals surface area contributed by atoms with Gasteiger partial charge in [0.2, 0.25) is 11.8 Å². The van der Waals surface area contributed by atoms with Crippen molar-refractivity contribution in [3.8, 4) is 0 Å². The zero-order valence-corrected chi connectivity index (χ0v) is 13.0. The van der Waals surface area contributed by atoms with Crippen LogP contribution in [0.25, 0.3) is 0 Å². The normalized spacial score (nSPS) is 14.9. The number of halogens is 1. The molecule has 1 fully saturated rings. The Kier molecular flexibility index (Phi) is 5.59. The number of hydrogen-bond donors (Lipinski definition) is 1. The average Bonchev–Trinajstić information content (AvgIpc) is 2.48.